The smallest absolute Gasteiger partial charge is 0.253 e. The summed E-state index contributed by atoms with van der Waals surface area (Å²) in [5, 5.41) is 8.32. The van der Waals surface area contributed by atoms with Crippen LogP contribution in [-0.2, 0) is 4.79 Å². The first-order valence-electron chi connectivity index (χ1n) is 8.93. The quantitative estimate of drug-likeness (QED) is 0.633. The molecule has 2 aromatic heterocycles. The van der Waals surface area contributed by atoms with E-state index >= 15 is 0 Å². The minimum atomic E-state index is -0.145. The van der Waals surface area contributed by atoms with Gasteiger partial charge in [0.1, 0.15) is 11.8 Å². The highest BCUT2D eigenvalue weighted by Crippen LogP contribution is 2.35. The highest BCUT2D eigenvalue weighted by Gasteiger charge is 2.35. The van der Waals surface area contributed by atoms with Crippen molar-refractivity contribution in [2.75, 3.05) is 11.5 Å². The van der Waals surface area contributed by atoms with Gasteiger partial charge in [-0.1, -0.05) is 33.8 Å². The van der Waals surface area contributed by atoms with Crippen molar-refractivity contribution in [3.8, 4) is 0 Å². The summed E-state index contributed by atoms with van der Waals surface area (Å²) in [5.41, 5.74) is 1.17. The standard InChI is InChI=1S/C20H26N2O2S2/c1-14(2)20(3,4)13-25-12-19(23)22-16(17-7-5-9-24-17)11-15(21-22)18-8-6-10-26-18/h5-10,14,16H,11-13H2,1-4H3. The average Bonchev–Trinajstić information content (AvgIpc) is 3.33. The normalized spacial score (nSPS) is 17.8. The summed E-state index contributed by atoms with van der Waals surface area (Å²) in [6, 6.07) is 7.71. The van der Waals surface area contributed by atoms with Gasteiger partial charge in [0.15, 0.2) is 0 Å². The predicted octanol–water partition coefficient (Wildman–Crippen LogP) is 5.43. The Bertz CT molecular complexity index is 749. The molecule has 3 rings (SSSR count). The Kier molecular flexibility index (Phi) is 5.92. The lowest BCUT2D eigenvalue weighted by molar-refractivity contribution is -0.130. The summed E-state index contributed by atoms with van der Waals surface area (Å²) in [7, 11) is 0. The average molecular weight is 391 g/mol. The van der Waals surface area contributed by atoms with Crippen molar-refractivity contribution in [3.63, 3.8) is 0 Å². The summed E-state index contributed by atoms with van der Waals surface area (Å²) >= 11 is 3.35. The van der Waals surface area contributed by atoms with Gasteiger partial charge in [-0.15, -0.1) is 11.3 Å². The zero-order valence-corrected chi connectivity index (χ0v) is 17.4. The Morgan fingerprint density at radius 3 is 2.85 bits per heavy atom. The van der Waals surface area contributed by atoms with E-state index in [1.807, 2.05) is 23.6 Å². The number of thioether (sulfide) groups is 1. The minimum absolute atomic E-state index is 0.0440. The second-order valence-electron chi connectivity index (χ2n) is 7.63. The van der Waals surface area contributed by atoms with E-state index in [4.69, 9.17) is 4.42 Å². The molecule has 0 bridgehead atoms. The molecule has 2 aromatic rings. The molecule has 4 nitrogen and oxygen atoms in total. The molecule has 0 saturated heterocycles. The van der Waals surface area contributed by atoms with Crippen LogP contribution in [0.15, 0.2) is 45.4 Å². The molecule has 140 valence electrons. The van der Waals surface area contributed by atoms with Crippen LogP contribution in [0.3, 0.4) is 0 Å². The van der Waals surface area contributed by atoms with Crippen molar-refractivity contribution in [1.82, 2.24) is 5.01 Å². The summed E-state index contributed by atoms with van der Waals surface area (Å²) in [4.78, 5) is 14.0. The fourth-order valence-electron chi connectivity index (χ4n) is 2.67. The SMILES string of the molecule is CC(C)C(C)(C)CSCC(=O)N1N=C(c2cccs2)CC1c1ccco1. The number of hydrazone groups is 1. The zero-order valence-electron chi connectivity index (χ0n) is 15.8. The van der Waals surface area contributed by atoms with Gasteiger partial charge in [0.25, 0.3) is 5.91 Å². The Hall–Kier alpha value is -1.53. The first-order valence-corrected chi connectivity index (χ1v) is 11.0. The van der Waals surface area contributed by atoms with Gasteiger partial charge >= 0.3 is 0 Å². The number of thiophene rings is 1. The van der Waals surface area contributed by atoms with Crippen LogP contribution in [0, 0.1) is 11.3 Å². The highest BCUT2D eigenvalue weighted by atomic mass is 32.2. The Labute approximate surface area is 163 Å². The van der Waals surface area contributed by atoms with Crippen molar-refractivity contribution in [3.05, 3.63) is 46.5 Å². The van der Waals surface area contributed by atoms with Gasteiger partial charge in [-0.05, 0) is 40.7 Å². The van der Waals surface area contributed by atoms with Crippen LogP contribution >= 0.6 is 23.1 Å². The van der Waals surface area contributed by atoms with Crippen LogP contribution < -0.4 is 0 Å². The molecule has 26 heavy (non-hydrogen) atoms. The molecule has 0 aromatic carbocycles. The molecule has 1 atom stereocenters. The minimum Gasteiger partial charge on any atom is -0.467 e. The fourth-order valence-corrected chi connectivity index (χ4v) is 4.66. The maximum Gasteiger partial charge on any atom is 0.253 e. The monoisotopic (exact) mass is 390 g/mol. The van der Waals surface area contributed by atoms with E-state index in [2.05, 4.69) is 38.9 Å². The van der Waals surface area contributed by atoms with Crippen molar-refractivity contribution < 1.29 is 9.21 Å². The third-order valence-electron chi connectivity index (χ3n) is 5.11. The lowest BCUT2D eigenvalue weighted by Gasteiger charge is -2.29. The molecule has 1 unspecified atom stereocenters. The largest absolute Gasteiger partial charge is 0.467 e. The number of furan rings is 1. The molecule has 0 fully saturated rings. The maximum absolute atomic E-state index is 12.9. The molecule has 0 aliphatic carbocycles. The van der Waals surface area contributed by atoms with Crippen LogP contribution in [-0.4, -0.2) is 28.1 Å². The Balaban J connectivity index is 1.70. The lowest BCUT2D eigenvalue weighted by Crippen LogP contribution is -2.29. The van der Waals surface area contributed by atoms with E-state index in [-0.39, 0.29) is 17.4 Å². The van der Waals surface area contributed by atoms with Crippen LogP contribution in [0.5, 0.6) is 0 Å². The van der Waals surface area contributed by atoms with E-state index in [0.717, 1.165) is 22.1 Å². The van der Waals surface area contributed by atoms with Crippen LogP contribution in [0.1, 0.15) is 50.8 Å². The van der Waals surface area contributed by atoms with Crippen molar-refractivity contribution in [2.45, 2.75) is 40.2 Å². The molecule has 0 radical (unpaired) electrons. The zero-order chi connectivity index (χ0) is 18.7. The van der Waals surface area contributed by atoms with Gasteiger partial charge in [-0.2, -0.15) is 16.9 Å². The first kappa shape index (κ1) is 19.2. The van der Waals surface area contributed by atoms with E-state index in [1.54, 1.807) is 34.4 Å². The molecule has 1 aliphatic rings. The summed E-state index contributed by atoms with van der Waals surface area (Å²) < 4.78 is 5.58. The number of nitrogens with zero attached hydrogens (tertiary/aromatic N) is 2. The van der Waals surface area contributed by atoms with E-state index in [0.29, 0.717) is 18.1 Å². The van der Waals surface area contributed by atoms with Gasteiger partial charge in [-0.3, -0.25) is 4.79 Å². The van der Waals surface area contributed by atoms with Crippen molar-refractivity contribution >= 4 is 34.7 Å². The second kappa shape index (κ2) is 8.01. The third kappa shape index (κ3) is 4.23. The predicted molar refractivity (Wildman–Crippen MR) is 110 cm³/mol. The lowest BCUT2D eigenvalue weighted by atomic mass is 9.83. The van der Waals surface area contributed by atoms with E-state index in [1.165, 1.54) is 0 Å². The van der Waals surface area contributed by atoms with Gasteiger partial charge in [0, 0.05) is 6.42 Å². The summed E-state index contributed by atoms with van der Waals surface area (Å²) in [6.45, 7) is 8.97. The Morgan fingerprint density at radius 1 is 1.42 bits per heavy atom. The van der Waals surface area contributed by atoms with Gasteiger partial charge in [-0.25, -0.2) is 5.01 Å². The number of carbonyl (C=O) groups is 1. The third-order valence-corrected chi connectivity index (χ3v) is 7.42. The maximum atomic E-state index is 12.9. The number of carbonyl (C=O) groups excluding carboxylic acids is 1. The van der Waals surface area contributed by atoms with E-state index in [9.17, 15) is 4.79 Å². The Morgan fingerprint density at radius 2 is 2.23 bits per heavy atom. The molecule has 1 amide bonds. The second-order valence-corrected chi connectivity index (χ2v) is 9.57. The molecular weight excluding hydrogens is 364 g/mol. The number of rotatable bonds is 7. The van der Waals surface area contributed by atoms with Gasteiger partial charge in [0.05, 0.1) is 22.6 Å². The van der Waals surface area contributed by atoms with E-state index < -0.39 is 0 Å². The molecule has 6 heteroatoms. The van der Waals surface area contributed by atoms with Crippen LogP contribution in [0.2, 0.25) is 0 Å². The molecule has 0 N–H and O–H groups in total. The summed E-state index contributed by atoms with van der Waals surface area (Å²) in [6.07, 6.45) is 2.35. The molecule has 0 spiro atoms. The van der Waals surface area contributed by atoms with Crippen molar-refractivity contribution in [2.24, 2.45) is 16.4 Å². The number of amides is 1. The molecule has 3 heterocycles. The molecule has 0 saturated carbocycles. The highest BCUT2D eigenvalue weighted by molar-refractivity contribution is 7.99. The fraction of sp³-hybridized carbons (Fsp3) is 0.500. The first-order chi connectivity index (χ1) is 12.4. The van der Waals surface area contributed by atoms with Gasteiger partial charge in [0.2, 0.25) is 0 Å². The molecule has 1 aliphatic heterocycles. The topological polar surface area (TPSA) is 45.8 Å². The van der Waals surface area contributed by atoms with Crippen LogP contribution in [0.4, 0.5) is 0 Å². The molecular formula is C20H26N2O2S2. The van der Waals surface area contributed by atoms with Gasteiger partial charge < -0.3 is 4.42 Å². The van der Waals surface area contributed by atoms with Crippen molar-refractivity contribution in [1.29, 1.82) is 0 Å². The van der Waals surface area contributed by atoms with Crippen LogP contribution in [0.25, 0.3) is 0 Å². The number of hydrogen-bond acceptors (Lipinski definition) is 5. The number of hydrogen-bond donors (Lipinski definition) is 0. The summed E-state index contributed by atoms with van der Waals surface area (Å²) in [5.74, 6) is 2.81.